The zero-order valence-electron chi connectivity index (χ0n) is 19.9. The maximum absolute atomic E-state index is 10.00. The lowest BCUT2D eigenvalue weighted by Gasteiger charge is -2.42. The molecule has 0 saturated carbocycles. The van der Waals surface area contributed by atoms with Gasteiger partial charge in [0.2, 0.25) is 0 Å². The highest BCUT2D eigenvalue weighted by Crippen LogP contribution is 2.51. The molecule has 182 valence electrons. The number of aromatic amines is 1. The summed E-state index contributed by atoms with van der Waals surface area (Å²) in [6.45, 7) is 1.70. The standard InChI is InChI=1S/C28H28N6O2/c29-26-23-6-2-1-4-19(23)15-28(26)9-11-34(12-10-28)27-25(18-35)32-21(17-30-27)5-3-13-36-22-7-8-24-20(14-22)16-31-33-24/h1-2,4,6-8,14,16-17,26,35H,9-13,15,18,29H2,(H,31,33). The number of aliphatic hydroxyl groups excluding tert-OH is 1. The van der Waals surface area contributed by atoms with Crippen molar-refractivity contribution in [2.24, 2.45) is 11.1 Å². The van der Waals surface area contributed by atoms with Crippen LogP contribution in [0.25, 0.3) is 10.9 Å². The van der Waals surface area contributed by atoms with Crippen molar-refractivity contribution in [2.75, 3.05) is 24.6 Å². The van der Waals surface area contributed by atoms with Crippen molar-refractivity contribution in [3.8, 4) is 17.6 Å². The van der Waals surface area contributed by atoms with Crippen LogP contribution < -0.4 is 15.4 Å². The zero-order chi connectivity index (χ0) is 24.5. The molecule has 0 radical (unpaired) electrons. The molecule has 2 aromatic heterocycles. The Bertz CT molecular complexity index is 1460. The van der Waals surface area contributed by atoms with Gasteiger partial charge in [0.05, 0.1) is 24.5 Å². The molecule has 2 aliphatic rings. The van der Waals surface area contributed by atoms with Gasteiger partial charge in [0.25, 0.3) is 0 Å². The highest BCUT2D eigenvalue weighted by Gasteiger charge is 2.46. The first kappa shape index (κ1) is 22.5. The van der Waals surface area contributed by atoms with Crippen LogP contribution in [0.4, 0.5) is 5.82 Å². The number of H-pyrrole nitrogens is 1. The van der Waals surface area contributed by atoms with Gasteiger partial charge in [0.15, 0.2) is 5.82 Å². The second-order valence-corrected chi connectivity index (χ2v) is 9.60. The van der Waals surface area contributed by atoms with Crippen LogP contribution in [-0.2, 0) is 13.0 Å². The van der Waals surface area contributed by atoms with Crippen molar-refractivity contribution < 1.29 is 9.84 Å². The van der Waals surface area contributed by atoms with Crippen LogP contribution in [0.5, 0.6) is 5.75 Å². The van der Waals surface area contributed by atoms with E-state index in [9.17, 15) is 5.11 Å². The van der Waals surface area contributed by atoms with E-state index in [1.54, 1.807) is 12.4 Å². The lowest BCUT2D eigenvalue weighted by Crippen LogP contribution is -2.45. The van der Waals surface area contributed by atoms with Gasteiger partial charge in [-0.05, 0) is 59.9 Å². The number of benzene rings is 2. The normalized spacial score (nSPS) is 18.2. The van der Waals surface area contributed by atoms with Gasteiger partial charge in [-0.3, -0.25) is 5.10 Å². The number of ether oxygens (including phenoxy) is 1. The first-order valence-corrected chi connectivity index (χ1v) is 12.3. The number of nitrogens with one attached hydrogen (secondary N) is 1. The summed E-state index contributed by atoms with van der Waals surface area (Å²) in [7, 11) is 0. The largest absolute Gasteiger partial charge is 0.481 e. The topological polar surface area (TPSA) is 113 Å². The van der Waals surface area contributed by atoms with Crippen LogP contribution >= 0.6 is 0 Å². The Morgan fingerprint density at radius 3 is 2.86 bits per heavy atom. The predicted molar refractivity (Wildman–Crippen MR) is 137 cm³/mol. The Balaban J connectivity index is 1.10. The van der Waals surface area contributed by atoms with Gasteiger partial charge in [-0.2, -0.15) is 5.10 Å². The summed E-state index contributed by atoms with van der Waals surface area (Å²) in [5.41, 5.74) is 11.5. The molecular formula is C28H28N6O2. The molecule has 0 bridgehead atoms. The number of fused-ring (bicyclic) bond motifs is 2. The molecule has 36 heavy (non-hydrogen) atoms. The van der Waals surface area contributed by atoms with Gasteiger partial charge in [-0.15, -0.1) is 0 Å². The van der Waals surface area contributed by atoms with Crippen LogP contribution in [0, 0.1) is 17.3 Å². The third kappa shape index (κ3) is 4.06. The number of nitrogens with two attached hydrogens (primary N) is 1. The molecule has 1 spiro atoms. The quantitative estimate of drug-likeness (QED) is 0.385. The second kappa shape index (κ2) is 9.26. The van der Waals surface area contributed by atoms with Crippen molar-refractivity contribution in [1.29, 1.82) is 0 Å². The molecule has 1 aliphatic heterocycles. The van der Waals surface area contributed by atoms with E-state index in [0.29, 0.717) is 11.4 Å². The highest BCUT2D eigenvalue weighted by molar-refractivity contribution is 5.79. The fourth-order valence-electron chi connectivity index (χ4n) is 5.58. The highest BCUT2D eigenvalue weighted by atomic mass is 16.5. The van der Waals surface area contributed by atoms with E-state index in [1.165, 1.54) is 11.1 Å². The molecule has 3 heterocycles. The summed E-state index contributed by atoms with van der Waals surface area (Å²) in [5.74, 6) is 7.43. The van der Waals surface area contributed by atoms with Gasteiger partial charge >= 0.3 is 0 Å². The van der Waals surface area contributed by atoms with Crippen molar-refractivity contribution in [1.82, 2.24) is 20.2 Å². The monoisotopic (exact) mass is 480 g/mol. The molecule has 8 heteroatoms. The molecule has 1 aliphatic carbocycles. The van der Waals surface area contributed by atoms with E-state index in [1.807, 2.05) is 18.2 Å². The smallest absolute Gasteiger partial charge is 0.152 e. The van der Waals surface area contributed by atoms with Crippen LogP contribution in [0.3, 0.4) is 0 Å². The van der Waals surface area contributed by atoms with E-state index in [4.69, 9.17) is 10.5 Å². The fourth-order valence-corrected chi connectivity index (χ4v) is 5.58. The van der Waals surface area contributed by atoms with Crippen molar-refractivity contribution >= 4 is 16.7 Å². The summed E-state index contributed by atoms with van der Waals surface area (Å²) in [6, 6.07) is 14.3. The average molecular weight is 481 g/mol. The minimum absolute atomic E-state index is 0.0701. The van der Waals surface area contributed by atoms with Gasteiger partial charge in [0, 0.05) is 24.5 Å². The lowest BCUT2D eigenvalue weighted by atomic mass is 9.73. The van der Waals surface area contributed by atoms with E-state index in [-0.39, 0.29) is 24.7 Å². The fraction of sp³-hybridized carbons (Fsp3) is 0.321. The Kier molecular flexibility index (Phi) is 5.80. The molecule has 1 atom stereocenters. The van der Waals surface area contributed by atoms with Gasteiger partial charge in [-0.25, -0.2) is 9.97 Å². The molecule has 6 rings (SSSR count). The molecule has 8 nitrogen and oxygen atoms in total. The van der Waals surface area contributed by atoms with Crippen LogP contribution in [0.2, 0.25) is 0 Å². The summed E-state index contributed by atoms with van der Waals surface area (Å²) in [5, 5.41) is 17.9. The third-order valence-corrected chi connectivity index (χ3v) is 7.56. The van der Waals surface area contributed by atoms with Crippen LogP contribution in [0.1, 0.15) is 41.4 Å². The number of nitrogens with zero attached hydrogens (tertiary/aromatic N) is 4. The molecule has 2 aromatic carbocycles. The van der Waals surface area contributed by atoms with Crippen molar-refractivity contribution in [3.63, 3.8) is 0 Å². The summed E-state index contributed by atoms with van der Waals surface area (Å²) < 4.78 is 5.73. The zero-order valence-corrected chi connectivity index (χ0v) is 19.9. The van der Waals surface area contributed by atoms with Gasteiger partial charge in [0.1, 0.15) is 23.7 Å². The molecule has 4 aromatic rings. The number of hydrogen-bond acceptors (Lipinski definition) is 7. The van der Waals surface area contributed by atoms with Gasteiger partial charge in [-0.1, -0.05) is 30.2 Å². The molecule has 1 fully saturated rings. The minimum atomic E-state index is -0.189. The molecule has 1 saturated heterocycles. The summed E-state index contributed by atoms with van der Waals surface area (Å²) in [4.78, 5) is 11.4. The molecule has 4 N–H and O–H groups in total. The molecular weight excluding hydrogens is 452 g/mol. The SMILES string of the molecule is NC1c2ccccc2CC12CCN(c1ncc(C#CCOc3ccc4[nH]ncc4c3)nc1CO)CC2. The van der Waals surface area contributed by atoms with E-state index < -0.39 is 0 Å². The first-order valence-electron chi connectivity index (χ1n) is 12.3. The van der Waals surface area contributed by atoms with Crippen LogP contribution in [0.15, 0.2) is 54.9 Å². The Hall–Kier alpha value is -3.93. The van der Waals surface area contributed by atoms with Gasteiger partial charge < -0.3 is 20.5 Å². The number of aliphatic hydroxyl groups is 1. The number of rotatable bonds is 4. The molecule has 1 unspecified atom stereocenters. The average Bonchev–Trinajstić information content (AvgIpc) is 3.49. The second-order valence-electron chi connectivity index (χ2n) is 9.60. The maximum Gasteiger partial charge on any atom is 0.152 e. The molecule has 0 amide bonds. The lowest BCUT2D eigenvalue weighted by molar-refractivity contribution is 0.186. The predicted octanol–water partition coefficient (Wildman–Crippen LogP) is 3.12. The number of aromatic nitrogens is 4. The number of hydrogen-bond donors (Lipinski definition) is 3. The Morgan fingerprint density at radius 1 is 1.17 bits per heavy atom. The Labute approximate surface area is 209 Å². The van der Waals surface area contributed by atoms with Crippen LogP contribution in [-0.4, -0.2) is 45.0 Å². The number of piperidine rings is 1. The number of anilines is 1. The van der Waals surface area contributed by atoms with Crippen molar-refractivity contribution in [2.45, 2.75) is 31.9 Å². The van der Waals surface area contributed by atoms with E-state index in [2.05, 4.69) is 61.2 Å². The third-order valence-electron chi connectivity index (χ3n) is 7.56. The summed E-state index contributed by atoms with van der Waals surface area (Å²) >= 11 is 0. The first-order chi connectivity index (χ1) is 17.6. The Morgan fingerprint density at radius 2 is 2.03 bits per heavy atom. The van der Waals surface area contributed by atoms with Crippen molar-refractivity contribution in [3.05, 3.63) is 77.4 Å². The van der Waals surface area contributed by atoms with E-state index >= 15 is 0 Å². The minimum Gasteiger partial charge on any atom is -0.481 e. The maximum atomic E-state index is 10.00. The van der Waals surface area contributed by atoms with E-state index in [0.717, 1.165) is 54.8 Å². The summed E-state index contributed by atoms with van der Waals surface area (Å²) in [6.07, 6.45) is 6.42.